The Morgan fingerprint density at radius 2 is 1.73 bits per heavy atom. The number of aliphatic carboxylic acids is 1. The lowest BCUT2D eigenvalue weighted by molar-refractivity contribution is -0.151. The fraction of sp³-hybridized carbons (Fsp3) is 0.875. The molecule has 0 aliphatic heterocycles. The molecule has 0 aromatic rings. The Bertz CT molecular complexity index is 188. The van der Waals surface area contributed by atoms with E-state index in [1.54, 1.807) is 0 Å². The van der Waals surface area contributed by atoms with Crippen molar-refractivity contribution in [3.05, 3.63) is 0 Å². The first-order valence-electron chi connectivity index (χ1n) is 4.13. The topological polar surface area (TPSA) is 57.5 Å². The monoisotopic (exact) mass is 156 g/mol. The molecule has 0 bridgehead atoms. The average Bonchev–Trinajstić information content (AvgIpc) is 2.61. The summed E-state index contributed by atoms with van der Waals surface area (Å²) in [6.07, 6.45) is 3.95. The molecule has 0 amide bonds. The van der Waals surface area contributed by atoms with Gasteiger partial charge in [-0.2, -0.15) is 0 Å². The van der Waals surface area contributed by atoms with Gasteiger partial charge in [-0.3, -0.25) is 0 Å². The fourth-order valence-corrected chi connectivity index (χ4v) is 2.41. The number of carbonyl (C=O) groups is 1. The summed E-state index contributed by atoms with van der Waals surface area (Å²) in [4.78, 5) is 10.6. The Balaban J connectivity index is 2.14. The molecule has 0 saturated heterocycles. The second-order valence-electron chi connectivity index (χ2n) is 3.63. The molecular formula is C8H12O3. The Labute approximate surface area is 65.0 Å². The third kappa shape index (κ3) is 0.745. The standard InChI is InChI=1S/C8H12O3/c9-7(10)8(11)5-3-1-2-4-6(5)8/h5-6,11H,1-4H2,(H,9,10). The molecule has 3 nitrogen and oxygen atoms in total. The van der Waals surface area contributed by atoms with Gasteiger partial charge in [0.2, 0.25) is 0 Å². The van der Waals surface area contributed by atoms with Crippen molar-refractivity contribution in [2.45, 2.75) is 31.3 Å². The number of fused-ring (bicyclic) bond motifs is 1. The quantitative estimate of drug-likeness (QED) is 0.585. The summed E-state index contributed by atoms with van der Waals surface area (Å²) in [5, 5.41) is 18.3. The van der Waals surface area contributed by atoms with E-state index in [1.807, 2.05) is 0 Å². The lowest BCUT2D eigenvalue weighted by Gasteiger charge is -2.03. The van der Waals surface area contributed by atoms with Gasteiger partial charge in [-0.15, -0.1) is 0 Å². The zero-order chi connectivity index (χ0) is 8.06. The van der Waals surface area contributed by atoms with Crippen molar-refractivity contribution in [1.29, 1.82) is 0 Å². The van der Waals surface area contributed by atoms with Crippen LogP contribution in [0.5, 0.6) is 0 Å². The number of hydrogen-bond donors (Lipinski definition) is 2. The molecule has 11 heavy (non-hydrogen) atoms. The maximum Gasteiger partial charge on any atom is 0.336 e. The highest BCUT2D eigenvalue weighted by Crippen LogP contribution is 2.58. The first-order valence-corrected chi connectivity index (χ1v) is 4.13. The zero-order valence-electron chi connectivity index (χ0n) is 6.29. The van der Waals surface area contributed by atoms with Crippen LogP contribution in [0.2, 0.25) is 0 Å². The molecule has 3 heteroatoms. The van der Waals surface area contributed by atoms with Crippen molar-refractivity contribution in [2.24, 2.45) is 11.8 Å². The lowest BCUT2D eigenvalue weighted by atomic mass is 10.0. The van der Waals surface area contributed by atoms with Crippen molar-refractivity contribution >= 4 is 5.97 Å². The molecule has 2 unspecified atom stereocenters. The van der Waals surface area contributed by atoms with Crippen LogP contribution in [0.15, 0.2) is 0 Å². The zero-order valence-corrected chi connectivity index (χ0v) is 6.29. The molecule has 2 atom stereocenters. The number of carboxylic acids is 1. The van der Waals surface area contributed by atoms with Crippen LogP contribution in [-0.2, 0) is 4.79 Å². The van der Waals surface area contributed by atoms with E-state index in [0.29, 0.717) is 0 Å². The van der Waals surface area contributed by atoms with E-state index < -0.39 is 11.6 Å². The smallest absolute Gasteiger partial charge is 0.336 e. The van der Waals surface area contributed by atoms with Gasteiger partial charge in [0.25, 0.3) is 0 Å². The summed E-state index contributed by atoms with van der Waals surface area (Å²) in [6.45, 7) is 0. The molecule has 2 aliphatic rings. The molecule has 0 aromatic heterocycles. The van der Waals surface area contributed by atoms with Crippen LogP contribution in [0.25, 0.3) is 0 Å². The minimum atomic E-state index is -1.34. The fourth-order valence-electron chi connectivity index (χ4n) is 2.41. The first kappa shape index (κ1) is 7.10. The summed E-state index contributed by atoms with van der Waals surface area (Å²) >= 11 is 0. The molecule has 0 aromatic carbocycles. The van der Waals surface area contributed by atoms with Gasteiger partial charge >= 0.3 is 5.97 Å². The Morgan fingerprint density at radius 1 is 1.27 bits per heavy atom. The van der Waals surface area contributed by atoms with Gasteiger partial charge in [0.05, 0.1) is 0 Å². The van der Waals surface area contributed by atoms with Crippen LogP contribution >= 0.6 is 0 Å². The van der Waals surface area contributed by atoms with E-state index in [-0.39, 0.29) is 11.8 Å². The third-order valence-electron chi connectivity index (χ3n) is 3.13. The minimum absolute atomic E-state index is 0.0637. The maximum absolute atomic E-state index is 10.6. The number of carboxylic acid groups (broad SMARTS) is 1. The number of hydrogen-bond acceptors (Lipinski definition) is 2. The van der Waals surface area contributed by atoms with Crippen molar-refractivity contribution < 1.29 is 15.0 Å². The van der Waals surface area contributed by atoms with E-state index in [1.165, 1.54) is 0 Å². The van der Waals surface area contributed by atoms with Crippen LogP contribution in [0.4, 0.5) is 0 Å². The molecule has 0 heterocycles. The highest BCUT2D eigenvalue weighted by Gasteiger charge is 2.69. The van der Waals surface area contributed by atoms with E-state index in [2.05, 4.69) is 0 Å². The Kier molecular flexibility index (Phi) is 1.27. The lowest BCUT2D eigenvalue weighted by Crippen LogP contribution is -2.25. The second kappa shape index (κ2) is 1.97. The summed E-state index contributed by atoms with van der Waals surface area (Å²) in [5.41, 5.74) is -1.34. The van der Waals surface area contributed by atoms with Gasteiger partial charge in [-0.1, -0.05) is 12.8 Å². The van der Waals surface area contributed by atoms with Gasteiger partial charge in [0.1, 0.15) is 0 Å². The molecule has 2 saturated carbocycles. The van der Waals surface area contributed by atoms with E-state index >= 15 is 0 Å². The van der Waals surface area contributed by atoms with E-state index in [9.17, 15) is 9.90 Å². The third-order valence-corrected chi connectivity index (χ3v) is 3.13. The molecule has 0 spiro atoms. The largest absolute Gasteiger partial charge is 0.479 e. The maximum atomic E-state index is 10.6. The minimum Gasteiger partial charge on any atom is -0.479 e. The normalized spacial score (nSPS) is 48.1. The Hall–Kier alpha value is -0.570. The number of rotatable bonds is 1. The van der Waals surface area contributed by atoms with Gasteiger partial charge in [0.15, 0.2) is 5.60 Å². The van der Waals surface area contributed by atoms with Gasteiger partial charge in [0, 0.05) is 11.8 Å². The summed E-state index contributed by atoms with van der Waals surface area (Å²) in [6, 6.07) is 0. The van der Waals surface area contributed by atoms with Crippen molar-refractivity contribution in [3.8, 4) is 0 Å². The Morgan fingerprint density at radius 3 is 2.09 bits per heavy atom. The van der Waals surface area contributed by atoms with E-state index in [4.69, 9.17) is 5.11 Å². The van der Waals surface area contributed by atoms with Gasteiger partial charge in [-0.25, -0.2) is 4.79 Å². The number of aliphatic hydroxyl groups is 1. The van der Waals surface area contributed by atoms with Gasteiger partial charge in [-0.05, 0) is 12.8 Å². The van der Waals surface area contributed by atoms with Crippen LogP contribution < -0.4 is 0 Å². The SMILES string of the molecule is O=C(O)C1(O)C2CCCCC21. The summed E-state index contributed by atoms with van der Waals surface area (Å²) in [7, 11) is 0. The van der Waals surface area contributed by atoms with Gasteiger partial charge < -0.3 is 10.2 Å². The van der Waals surface area contributed by atoms with Crippen LogP contribution in [0.3, 0.4) is 0 Å². The summed E-state index contributed by atoms with van der Waals surface area (Å²) < 4.78 is 0. The van der Waals surface area contributed by atoms with Crippen molar-refractivity contribution in [3.63, 3.8) is 0 Å². The average molecular weight is 156 g/mol. The molecule has 2 fully saturated rings. The predicted octanol–water partition coefficient (Wildman–Crippen LogP) is 0.622. The molecule has 62 valence electrons. The highest BCUT2D eigenvalue weighted by atomic mass is 16.4. The van der Waals surface area contributed by atoms with Crippen LogP contribution in [0.1, 0.15) is 25.7 Å². The molecule has 2 rings (SSSR count). The van der Waals surface area contributed by atoms with Crippen LogP contribution in [-0.4, -0.2) is 21.8 Å². The predicted molar refractivity (Wildman–Crippen MR) is 38.0 cm³/mol. The molecule has 2 aliphatic carbocycles. The van der Waals surface area contributed by atoms with Crippen molar-refractivity contribution in [1.82, 2.24) is 0 Å². The molecule has 2 N–H and O–H groups in total. The van der Waals surface area contributed by atoms with Crippen molar-refractivity contribution in [2.75, 3.05) is 0 Å². The summed E-state index contributed by atoms with van der Waals surface area (Å²) in [5.74, 6) is -0.892. The second-order valence-corrected chi connectivity index (χ2v) is 3.63. The van der Waals surface area contributed by atoms with Crippen LogP contribution in [0, 0.1) is 11.8 Å². The molecule has 0 radical (unpaired) electrons. The first-order chi connectivity index (χ1) is 5.17. The highest BCUT2D eigenvalue weighted by molar-refractivity contribution is 5.82. The van der Waals surface area contributed by atoms with E-state index in [0.717, 1.165) is 25.7 Å². The molecular weight excluding hydrogens is 144 g/mol.